The van der Waals surface area contributed by atoms with E-state index in [1.165, 1.54) is 32.1 Å². The zero-order valence-corrected chi connectivity index (χ0v) is 9.91. The van der Waals surface area contributed by atoms with Crippen LogP contribution in [0.1, 0.15) is 39.0 Å². The fraction of sp³-hybridized carbons (Fsp3) is 0.615. The standard InChI is InChI=1S/C13H20N2O/c1-2-16-13-9-8-12(10-14-13)15-11-6-4-3-5-7-11/h8-11,15H,2-7H2,1H3. The van der Waals surface area contributed by atoms with E-state index in [9.17, 15) is 0 Å². The van der Waals surface area contributed by atoms with Gasteiger partial charge in [0.05, 0.1) is 18.5 Å². The molecule has 0 spiro atoms. The van der Waals surface area contributed by atoms with Gasteiger partial charge in [-0.2, -0.15) is 0 Å². The normalized spacial score (nSPS) is 17.1. The van der Waals surface area contributed by atoms with Gasteiger partial charge >= 0.3 is 0 Å². The maximum absolute atomic E-state index is 5.31. The molecule has 1 N–H and O–H groups in total. The summed E-state index contributed by atoms with van der Waals surface area (Å²) < 4.78 is 5.31. The summed E-state index contributed by atoms with van der Waals surface area (Å²) in [5, 5.41) is 3.53. The van der Waals surface area contributed by atoms with Crippen LogP contribution in [0.3, 0.4) is 0 Å². The van der Waals surface area contributed by atoms with Crippen LogP contribution >= 0.6 is 0 Å². The fourth-order valence-corrected chi connectivity index (χ4v) is 2.18. The van der Waals surface area contributed by atoms with Crippen LogP contribution in [-0.4, -0.2) is 17.6 Å². The van der Waals surface area contributed by atoms with E-state index in [1.807, 2.05) is 25.3 Å². The molecule has 2 rings (SSSR count). The molecular formula is C13H20N2O. The van der Waals surface area contributed by atoms with Crippen molar-refractivity contribution in [2.45, 2.75) is 45.1 Å². The lowest BCUT2D eigenvalue weighted by Gasteiger charge is -2.23. The molecular weight excluding hydrogens is 200 g/mol. The molecule has 0 unspecified atom stereocenters. The summed E-state index contributed by atoms with van der Waals surface area (Å²) in [6.07, 6.45) is 8.52. The monoisotopic (exact) mass is 220 g/mol. The quantitative estimate of drug-likeness (QED) is 0.846. The molecule has 1 aromatic heterocycles. The zero-order chi connectivity index (χ0) is 11.2. The lowest BCUT2D eigenvalue weighted by Crippen LogP contribution is -2.22. The van der Waals surface area contributed by atoms with Gasteiger partial charge in [0.2, 0.25) is 5.88 Å². The minimum Gasteiger partial charge on any atom is -0.478 e. The second kappa shape index (κ2) is 5.73. The van der Waals surface area contributed by atoms with Crippen LogP contribution in [0.4, 0.5) is 5.69 Å². The third-order valence-corrected chi connectivity index (χ3v) is 3.00. The van der Waals surface area contributed by atoms with Gasteiger partial charge in [-0.05, 0) is 25.8 Å². The van der Waals surface area contributed by atoms with E-state index in [-0.39, 0.29) is 0 Å². The number of ether oxygens (including phenoxy) is 1. The van der Waals surface area contributed by atoms with Crippen molar-refractivity contribution in [3.05, 3.63) is 18.3 Å². The second-order valence-electron chi connectivity index (χ2n) is 4.30. The van der Waals surface area contributed by atoms with E-state index in [4.69, 9.17) is 4.74 Å². The van der Waals surface area contributed by atoms with E-state index in [0.717, 1.165) is 5.69 Å². The summed E-state index contributed by atoms with van der Waals surface area (Å²) in [4.78, 5) is 4.25. The van der Waals surface area contributed by atoms with Gasteiger partial charge in [-0.1, -0.05) is 19.3 Å². The molecule has 88 valence electrons. The van der Waals surface area contributed by atoms with Crippen LogP contribution in [0.15, 0.2) is 18.3 Å². The third kappa shape index (κ3) is 3.12. The Hall–Kier alpha value is -1.25. The molecule has 0 bridgehead atoms. The molecule has 1 heterocycles. The van der Waals surface area contributed by atoms with E-state index < -0.39 is 0 Å². The van der Waals surface area contributed by atoms with Gasteiger partial charge in [0.1, 0.15) is 0 Å². The Morgan fingerprint density at radius 3 is 2.75 bits per heavy atom. The molecule has 1 aliphatic carbocycles. The van der Waals surface area contributed by atoms with Crippen molar-refractivity contribution in [2.75, 3.05) is 11.9 Å². The molecule has 0 aromatic carbocycles. The molecule has 0 amide bonds. The molecule has 1 saturated carbocycles. The summed E-state index contributed by atoms with van der Waals surface area (Å²) >= 11 is 0. The Morgan fingerprint density at radius 1 is 1.31 bits per heavy atom. The first kappa shape index (κ1) is 11.2. The Bertz CT molecular complexity index is 304. The number of nitrogens with zero attached hydrogens (tertiary/aromatic N) is 1. The van der Waals surface area contributed by atoms with E-state index in [1.54, 1.807) is 0 Å². The number of nitrogens with one attached hydrogen (secondary N) is 1. The van der Waals surface area contributed by atoms with Crippen molar-refractivity contribution >= 4 is 5.69 Å². The smallest absolute Gasteiger partial charge is 0.213 e. The molecule has 0 aliphatic heterocycles. The first-order valence-corrected chi connectivity index (χ1v) is 6.24. The van der Waals surface area contributed by atoms with Crippen LogP contribution < -0.4 is 10.1 Å². The molecule has 0 atom stereocenters. The van der Waals surface area contributed by atoms with Crippen LogP contribution in [-0.2, 0) is 0 Å². The van der Waals surface area contributed by atoms with Crippen molar-refractivity contribution in [2.24, 2.45) is 0 Å². The topological polar surface area (TPSA) is 34.1 Å². The predicted molar refractivity (Wildman–Crippen MR) is 65.9 cm³/mol. The number of hydrogen-bond acceptors (Lipinski definition) is 3. The molecule has 0 saturated heterocycles. The van der Waals surface area contributed by atoms with Gasteiger partial charge in [0, 0.05) is 12.1 Å². The van der Waals surface area contributed by atoms with Crippen LogP contribution in [0.25, 0.3) is 0 Å². The number of hydrogen-bond donors (Lipinski definition) is 1. The highest BCUT2D eigenvalue weighted by Gasteiger charge is 2.12. The summed E-state index contributed by atoms with van der Waals surface area (Å²) in [5.41, 5.74) is 1.11. The highest BCUT2D eigenvalue weighted by atomic mass is 16.5. The van der Waals surface area contributed by atoms with Gasteiger partial charge in [-0.15, -0.1) is 0 Å². The highest BCUT2D eigenvalue weighted by molar-refractivity contribution is 5.43. The molecule has 3 nitrogen and oxygen atoms in total. The van der Waals surface area contributed by atoms with Gasteiger partial charge in [-0.3, -0.25) is 0 Å². The van der Waals surface area contributed by atoms with Crippen molar-refractivity contribution in [1.82, 2.24) is 4.98 Å². The van der Waals surface area contributed by atoms with Crippen molar-refractivity contribution in [1.29, 1.82) is 0 Å². The van der Waals surface area contributed by atoms with Crippen molar-refractivity contribution in [3.8, 4) is 5.88 Å². The predicted octanol–water partition coefficient (Wildman–Crippen LogP) is 3.22. The average molecular weight is 220 g/mol. The lowest BCUT2D eigenvalue weighted by molar-refractivity contribution is 0.327. The van der Waals surface area contributed by atoms with E-state index in [2.05, 4.69) is 10.3 Å². The Morgan fingerprint density at radius 2 is 2.12 bits per heavy atom. The zero-order valence-electron chi connectivity index (χ0n) is 9.91. The molecule has 16 heavy (non-hydrogen) atoms. The average Bonchev–Trinajstić information content (AvgIpc) is 2.33. The first-order valence-electron chi connectivity index (χ1n) is 6.24. The highest BCUT2D eigenvalue weighted by Crippen LogP contribution is 2.21. The van der Waals surface area contributed by atoms with Crippen LogP contribution in [0.2, 0.25) is 0 Å². The van der Waals surface area contributed by atoms with Gasteiger partial charge < -0.3 is 10.1 Å². The van der Waals surface area contributed by atoms with Crippen LogP contribution in [0, 0.1) is 0 Å². The molecule has 3 heteroatoms. The number of anilines is 1. The third-order valence-electron chi connectivity index (χ3n) is 3.00. The first-order chi connectivity index (χ1) is 7.88. The summed E-state index contributed by atoms with van der Waals surface area (Å²) in [5.74, 6) is 0.705. The lowest BCUT2D eigenvalue weighted by atomic mass is 9.95. The van der Waals surface area contributed by atoms with Gasteiger partial charge in [0.25, 0.3) is 0 Å². The van der Waals surface area contributed by atoms with Gasteiger partial charge in [-0.25, -0.2) is 4.98 Å². The SMILES string of the molecule is CCOc1ccc(NC2CCCCC2)cn1. The maximum atomic E-state index is 5.31. The number of aromatic nitrogens is 1. The van der Waals surface area contributed by atoms with Crippen molar-refractivity contribution in [3.63, 3.8) is 0 Å². The summed E-state index contributed by atoms with van der Waals surface area (Å²) in [7, 11) is 0. The summed E-state index contributed by atoms with van der Waals surface area (Å²) in [6.45, 7) is 2.64. The Labute approximate surface area is 97.2 Å². The van der Waals surface area contributed by atoms with E-state index in [0.29, 0.717) is 18.5 Å². The molecule has 1 aliphatic rings. The van der Waals surface area contributed by atoms with Crippen LogP contribution in [0.5, 0.6) is 5.88 Å². The second-order valence-corrected chi connectivity index (χ2v) is 4.30. The maximum Gasteiger partial charge on any atom is 0.213 e. The number of rotatable bonds is 4. The summed E-state index contributed by atoms with van der Waals surface area (Å²) in [6, 6.07) is 4.61. The molecule has 1 fully saturated rings. The van der Waals surface area contributed by atoms with Gasteiger partial charge in [0.15, 0.2) is 0 Å². The fourth-order valence-electron chi connectivity index (χ4n) is 2.18. The molecule has 0 radical (unpaired) electrons. The van der Waals surface area contributed by atoms with E-state index >= 15 is 0 Å². The van der Waals surface area contributed by atoms with Crippen molar-refractivity contribution < 1.29 is 4.74 Å². The number of pyridine rings is 1. The molecule has 1 aromatic rings. The minimum absolute atomic E-state index is 0.633. The largest absolute Gasteiger partial charge is 0.478 e. The Balaban J connectivity index is 1.88. The minimum atomic E-state index is 0.633. The Kier molecular flexibility index (Phi) is 4.03.